The first-order valence-corrected chi connectivity index (χ1v) is 11.3. The Labute approximate surface area is 199 Å². The van der Waals surface area contributed by atoms with Crippen LogP contribution in [0, 0.1) is 5.82 Å². The van der Waals surface area contributed by atoms with Crippen molar-refractivity contribution in [2.75, 3.05) is 27.4 Å². The summed E-state index contributed by atoms with van der Waals surface area (Å²) >= 11 is 0. The zero-order chi connectivity index (χ0) is 23.9. The fraction of sp³-hybridized carbons (Fsp3) is 0.250. The predicted octanol–water partition coefficient (Wildman–Crippen LogP) is 5.12. The topological polar surface area (TPSA) is 52.5 Å². The van der Waals surface area contributed by atoms with Gasteiger partial charge in [-0.15, -0.1) is 0 Å². The molecule has 0 saturated carbocycles. The molecular weight excluding hydrogens is 431 g/mol. The van der Waals surface area contributed by atoms with Gasteiger partial charge in [-0.05, 0) is 41.0 Å². The number of aromatic nitrogens is 1. The maximum atomic E-state index is 14.9. The van der Waals surface area contributed by atoms with Crippen LogP contribution in [0.15, 0.2) is 79.0 Å². The highest BCUT2D eigenvalue weighted by atomic mass is 19.1. The fourth-order valence-corrected chi connectivity index (χ4v) is 4.31. The van der Waals surface area contributed by atoms with Crippen LogP contribution in [0.3, 0.4) is 0 Å². The average Bonchev–Trinajstić information content (AvgIpc) is 3.22. The summed E-state index contributed by atoms with van der Waals surface area (Å²) in [5, 5.41) is 3.88. The first-order chi connectivity index (χ1) is 16.6. The van der Waals surface area contributed by atoms with Crippen molar-refractivity contribution in [2.45, 2.75) is 18.9 Å². The van der Waals surface area contributed by atoms with E-state index >= 15 is 0 Å². The zero-order valence-electron chi connectivity index (χ0n) is 19.5. The number of carbonyl (C=O) groups is 1. The number of hydrogen-bond donors (Lipinski definition) is 1. The van der Waals surface area contributed by atoms with E-state index in [2.05, 4.69) is 22.1 Å². The number of ether oxygens (including phenoxy) is 2. The monoisotopic (exact) mass is 460 g/mol. The Morgan fingerprint density at radius 3 is 2.44 bits per heavy atom. The number of methoxy groups -OCH3 is 2. The number of para-hydroxylation sites is 1. The second kappa shape index (κ2) is 11.0. The van der Waals surface area contributed by atoms with E-state index in [-0.39, 0.29) is 18.1 Å². The number of carbonyl (C=O) groups excluding carboxylic acids is 1. The summed E-state index contributed by atoms with van der Waals surface area (Å²) in [6.07, 6.45) is 2.19. The molecule has 1 aromatic heterocycles. The minimum atomic E-state index is -0.425. The highest BCUT2D eigenvalue weighted by Crippen LogP contribution is 2.36. The Morgan fingerprint density at radius 1 is 0.971 bits per heavy atom. The van der Waals surface area contributed by atoms with E-state index in [1.807, 2.05) is 48.5 Å². The van der Waals surface area contributed by atoms with Gasteiger partial charge in [-0.1, -0.05) is 48.5 Å². The Kier molecular flexibility index (Phi) is 7.60. The van der Waals surface area contributed by atoms with E-state index in [9.17, 15) is 9.18 Å². The van der Waals surface area contributed by atoms with E-state index in [0.29, 0.717) is 25.3 Å². The van der Waals surface area contributed by atoms with Gasteiger partial charge in [-0.3, -0.25) is 4.79 Å². The van der Waals surface area contributed by atoms with Crippen molar-refractivity contribution in [3.63, 3.8) is 0 Å². The van der Waals surface area contributed by atoms with Crippen molar-refractivity contribution >= 4 is 16.8 Å². The minimum absolute atomic E-state index is 0.140. The lowest BCUT2D eigenvalue weighted by Crippen LogP contribution is -2.28. The van der Waals surface area contributed by atoms with E-state index in [4.69, 9.17) is 9.47 Å². The molecule has 0 bridgehead atoms. The summed E-state index contributed by atoms with van der Waals surface area (Å²) in [5.41, 5.74) is 3.59. The lowest BCUT2D eigenvalue weighted by molar-refractivity contribution is -0.121. The Hall–Kier alpha value is -3.64. The Bertz CT molecular complexity index is 1250. The van der Waals surface area contributed by atoms with Gasteiger partial charge in [0, 0.05) is 49.6 Å². The van der Waals surface area contributed by atoms with Crippen molar-refractivity contribution < 1.29 is 18.7 Å². The molecule has 34 heavy (non-hydrogen) atoms. The lowest BCUT2D eigenvalue weighted by Gasteiger charge is -2.18. The molecule has 5 nitrogen and oxygen atoms in total. The number of rotatable bonds is 10. The largest absolute Gasteiger partial charge is 0.497 e. The maximum Gasteiger partial charge on any atom is 0.221 e. The highest BCUT2D eigenvalue weighted by Gasteiger charge is 2.25. The average molecular weight is 461 g/mol. The molecule has 0 spiro atoms. The minimum Gasteiger partial charge on any atom is -0.497 e. The van der Waals surface area contributed by atoms with Crippen LogP contribution in [-0.4, -0.2) is 37.8 Å². The van der Waals surface area contributed by atoms with Gasteiger partial charge in [0.15, 0.2) is 0 Å². The van der Waals surface area contributed by atoms with Gasteiger partial charge < -0.3 is 19.4 Å². The van der Waals surface area contributed by atoms with E-state index in [0.717, 1.165) is 27.8 Å². The molecule has 0 aliphatic heterocycles. The van der Waals surface area contributed by atoms with Crippen LogP contribution in [0.4, 0.5) is 4.39 Å². The predicted molar refractivity (Wildman–Crippen MR) is 132 cm³/mol. The molecule has 1 atom stereocenters. The normalized spacial score (nSPS) is 12.0. The second-order valence-electron chi connectivity index (χ2n) is 8.20. The van der Waals surface area contributed by atoms with Crippen molar-refractivity contribution in [2.24, 2.45) is 0 Å². The number of hydrogen-bond acceptors (Lipinski definition) is 3. The molecule has 1 heterocycles. The fourth-order valence-electron chi connectivity index (χ4n) is 4.31. The number of nitrogens with zero attached hydrogens (tertiary/aromatic N) is 1. The molecule has 1 N–H and O–H groups in total. The number of amides is 1. The van der Waals surface area contributed by atoms with Gasteiger partial charge in [0.2, 0.25) is 5.91 Å². The van der Waals surface area contributed by atoms with Gasteiger partial charge in [0.1, 0.15) is 11.6 Å². The van der Waals surface area contributed by atoms with Crippen molar-refractivity contribution in [3.8, 4) is 5.75 Å². The van der Waals surface area contributed by atoms with Crippen LogP contribution in [0.5, 0.6) is 5.75 Å². The summed E-state index contributed by atoms with van der Waals surface area (Å²) in [6, 6.07) is 22.7. The van der Waals surface area contributed by atoms with E-state index in [1.54, 1.807) is 26.4 Å². The van der Waals surface area contributed by atoms with Crippen LogP contribution in [0.25, 0.3) is 10.9 Å². The quantitative estimate of drug-likeness (QED) is 0.334. The second-order valence-corrected chi connectivity index (χ2v) is 8.20. The molecule has 3 aromatic carbocycles. The first kappa shape index (κ1) is 23.5. The third-order valence-corrected chi connectivity index (χ3v) is 6.01. The van der Waals surface area contributed by atoms with Gasteiger partial charge >= 0.3 is 0 Å². The third-order valence-electron chi connectivity index (χ3n) is 6.01. The smallest absolute Gasteiger partial charge is 0.221 e. The molecule has 6 heteroatoms. The Balaban J connectivity index is 1.73. The van der Waals surface area contributed by atoms with Gasteiger partial charge in [0.25, 0.3) is 0 Å². The van der Waals surface area contributed by atoms with Crippen LogP contribution >= 0.6 is 0 Å². The van der Waals surface area contributed by atoms with Crippen LogP contribution < -0.4 is 10.1 Å². The number of halogens is 1. The molecule has 0 saturated heterocycles. The molecule has 4 rings (SSSR count). The van der Waals surface area contributed by atoms with Crippen LogP contribution in [-0.2, 0) is 16.1 Å². The van der Waals surface area contributed by atoms with E-state index in [1.165, 1.54) is 6.07 Å². The first-order valence-electron chi connectivity index (χ1n) is 11.3. The van der Waals surface area contributed by atoms with Gasteiger partial charge in [-0.25, -0.2) is 4.39 Å². The van der Waals surface area contributed by atoms with Crippen molar-refractivity contribution in [1.29, 1.82) is 0 Å². The standard InChI is InChI=1S/C28H29FN2O3/c1-33-16-15-30-28(32)17-24(22-7-3-5-9-26(22)29)25-19-31(27-10-6-4-8-23(25)27)18-20-11-13-21(34-2)14-12-20/h3-14,19,24H,15-18H2,1-2H3,(H,30,32). The van der Waals surface area contributed by atoms with Gasteiger partial charge in [0.05, 0.1) is 13.7 Å². The molecule has 1 unspecified atom stereocenters. The summed E-state index contributed by atoms with van der Waals surface area (Å²) in [7, 11) is 3.24. The molecule has 176 valence electrons. The molecule has 1 amide bonds. The van der Waals surface area contributed by atoms with Crippen molar-refractivity contribution in [1.82, 2.24) is 9.88 Å². The molecule has 0 radical (unpaired) electrons. The van der Waals surface area contributed by atoms with Crippen molar-refractivity contribution in [3.05, 3.63) is 102 Å². The number of fused-ring (bicyclic) bond motifs is 1. The van der Waals surface area contributed by atoms with Crippen LogP contribution in [0.1, 0.15) is 29.0 Å². The summed E-state index contributed by atoms with van der Waals surface area (Å²) in [5.74, 6) is -0.0758. The van der Waals surface area contributed by atoms with Gasteiger partial charge in [-0.2, -0.15) is 0 Å². The Morgan fingerprint density at radius 2 is 1.71 bits per heavy atom. The summed E-state index contributed by atoms with van der Waals surface area (Å²) in [4.78, 5) is 12.8. The highest BCUT2D eigenvalue weighted by molar-refractivity contribution is 5.86. The third kappa shape index (κ3) is 5.29. The van der Waals surface area contributed by atoms with Crippen LogP contribution in [0.2, 0.25) is 0 Å². The lowest BCUT2D eigenvalue weighted by atomic mass is 9.87. The molecule has 4 aromatic rings. The molecule has 0 fully saturated rings. The number of benzene rings is 3. The number of nitrogens with one attached hydrogen (secondary N) is 1. The summed E-state index contributed by atoms with van der Waals surface area (Å²) < 4.78 is 27.4. The summed E-state index contributed by atoms with van der Waals surface area (Å²) in [6.45, 7) is 1.49. The van der Waals surface area contributed by atoms with E-state index < -0.39 is 5.92 Å². The molecule has 0 aliphatic rings. The SMILES string of the molecule is COCCNC(=O)CC(c1ccccc1F)c1cn(Cc2ccc(OC)cc2)c2ccccc12. The molecular formula is C28H29FN2O3. The molecule has 0 aliphatic carbocycles. The maximum absolute atomic E-state index is 14.9. The zero-order valence-corrected chi connectivity index (χ0v) is 19.5.